The average Bonchev–Trinajstić information content (AvgIpc) is 2.61. The summed E-state index contributed by atoms with van der Waals surface area (Å²) in [5.74, 6) is 0.236. The van der Waals surface area contributed by atoms with Crippen LogP contribution in [0.25, 0.3) is 0 Å². The smallest absolute Gasteiger partial charge is 0.281 e. The first-order valence-corrected chi connectivity index (χ1v) is 8.54. The van der Waals surface area contributed by atoms with E-state index in [4.69, 9.17) is 16.3 Å². The highest BCUT2D eigenvalue weighted by atomic mass is 35.5. The highest BCUT2D eigenvalue weighted by molar-refractivity contribution is 6.31. The number of carbonyl (C=O) groups is 2. The molecular formula is C19H23ClN3O3+. The van der Waals surface area contributed by atoms with Gasteiger partial charge in [-0.25, -0.2) is 0 Å². The lowest BCUT2D eigenvalue weighted by Crippen LogP contribution is -3.11. The molecular weight excluding hydrogens is 354 g/mol. The second-order valence-corrected chi connectivity index (χ2v) is 6.43. The van der Waals surface area contributed by atoms with Crippen LogP contribution in [0.3, 0.4) is 0 Å². The van der Waals surface area contributed by atoms with E-state index in [1.165, 1.54) is 7.11 Å². The standard InChI is InChI=1S/C19H22ClN3O3/c1-22(13-19(25)23(2)15-7-5-4-6-8-15)12-18(24)21-16-11-14(20)9-10-17(16)26-3/h4-11H,12-13H2,1-3H3,(H,21,24)/p+1. The van der Waals surface area contributed by atoms with Gasteiger partial charge in [0.25, 0.3) is 11.8 Å². The predicted molar refractivity (Wildman–Crippen MR) is 103 cm³/mol. The second kappa shape index (κ2) is 9.22. The van der Waals surface area contributed by atoms with E-state index in [0.29, 0.717) is 16.5 Å². The molecule has 26 heavy (non-hydrogen) atoms. The van der Waals surface area contributed by atoms with Gasteiger partial charge in [-0.2, -0.15) is 0 Å². The molecule has 6 nitrogen and oxygen atoms in total. The van der Waals surface area contributed by atoms with Crippen molar-refractivity contribution in [1.82, 2.24) is 0 Å². The number of methoxy groups -OCH3 is 1. The molecule has 2 amide bonds. The van der Waals surface area contributed by atoms with Gasteiger partial charge in [0.1, 0.15) is 5.75 Å². The Kier molecular flexibility index (Phi) is 7.00. The molecule has 0 aliphatic rings. The lowest BCUT2D eigenvalue weighted by atomic mass is 10.3. The van der Waals surface area contributed by atoms with Crippen LogP contribution < -0.4 is 19.9 Å². The summed E-state index contributed by atoms with van der Waals surface area (Å²) < 4.78 is 5.21. The van der Waals surface area contributed by atoms with Gasteiger partial charge in [0.05, 0.1) is 19.8 Å². The molecule has 0 aromatic heterocycles. The Morgan fingerprint density at radius 1 is 1.15 bits per heavy atom. The Bertz CT molecular complexity index is 768. The van der Waals surface area contributed by atoms with E-state index in [1.807, 2.05) is 30.3 Å². The number of hydrogen-bond donors (Lipinski definition) is 2. The maximum absolute atomic E-state index is 12.4. The van der Waals surface area contributed by atoms with Crippen molar-refractivity contribution in [1.29, 1.82) is 0 Å². The Hall–Kier alpha value is -2.57. The lowest BCUT2D eigenvalue weighted by Gasteiger charge is -2.20. The van der Waals surface area contributed by atoms with Crippen LogP contribution in [-0.4, -0.2) is 46.1 Å². The van der Waals surface area contributed by atoms with Crippen molar-refractivity contribution >= 4 is 34.8 Å². The minimum Gasteiger partial charge on any atom is -0.495 e. The molecule has 0 radical (unpaired) electrons. The monoisotopic (exact) mass is 376 g/mol. The van der Waals surface area contributed by atoms with Crippen LogP contribution in [0, 0.1) is 0 Å². The van der Waals surface area contributed by atoms with E-state index in [9.17, 15) is 9.59 Å². The summed E-state index contributed by atoms with van der Waals surface area (Å²) in [5.41, 5.74) is 1.32. The molecule has 138 valence electrons. The third-order valence-electron chi connectivity index (χ3n) is 3.87. The van der Waals surface area contributed by atoms with Crippen molar-refractivity contribution in [3.63, 3.8) is 0 Å². The van der Waals surface area contributed by atoms with Crippen LogP contribution in [0.1, 0.15) is 0 Å². The first-order valence-electron chi connectivity index (χ1n) is 8.17. The first kappa shape index (κ1) is 19.8. The second-order valence-electron chi connectivity index (χ2n) is 5.99. The molecule has 0 saturated carbocycles. The number of nitrogens with zero attached hydrogens (tertiary/aromatic N) is 1. The number of carbonyl (C=O) groups excluding carboxylic acids is 2. The minimum atomic E-state index is -0.224. The molecule has 0 fully saturated rings. The first-order chi connectivity index (χ1) is 12.4. The Morgan fingerprint density at radius 2 is 1.85 bits per heavy atom. The topological polar surface area (TPSA) is 63.1 Å². The molecule has 7 heteroatoms. The highest BCUT2D eigenvalue weighted by Crippen LogP contribution is 2.27. The number of halogens is 1. The van der Waals surface area contributed by atoms with Crippen LogP contribution in [-0.2, 0) is 9.59 Å². The number of hydrogen-bond acceptors (Lipinski definition) is 3. The number of benzene rings is 2. The summed E-state index contributed by atoms with van der Waals surface area (Å²) in [6.07, 6.45) is 0. The minimum absolute atomic E-state index is 0.0677. The Morgan fingerprint density at radius 3 is 2.50 bits per heavy atom. The predicted octanol–water partition coefficient (Wildman–Crippen LogP) is 1.46. The molecule has 2 rings (SSSR count). The molecule has 0 spiro atoms. The van der Waals surface area contributed by atoms with Crippen LogP contribution in [0.5, 0.6) is 5.75 Å². The molecule has 0 bridgehead atoms. The van der Waals surface area contributed by atoms with Gasteiger partial charge in [-0.1, -0.05) is 29.8 Å². The number of para-hydroxylation sites is 1. The van der Waals surface area contributed by atoms with Gasteiger partial charge in [0.2, 0.25) is 0 Å². The summed E-state index contributed by atoms with van der Waals surface area (Å²) in [7, 11) is 5.04. The normalized spacial score (nSPS) is 11.5. The fourth-order valence-corrected chi connectivity index (χ4v) is 2.65. The lowest BCUT2D eigenvalue weighted by molar-refractivity contribution is -0.862. The summed E-state index contributed by atoms with van der Waals surface area (Å²) in [5, 5.41) is 3.27. The van der Waals surface area contributed by atoms with Crippen molar-refractivity contribution in [2.75, 3.05) is 44.5 Å². The van der Waals surface area contributed by atoms with Gasteiger partial charge < -0.3 is 19.9 Å². The average molecular weight is 377 g/mol. The molecule has 0 heterocycles. The molecule has 2 aromatic carbocycles. The maximum Gasteiger partial charge on any atom is 0.281 e. The van der Waals surface area contributed by atoms with E-state index in [0.717, 1.165) is 10.6 Å². The summed E-state index contributed by atoms with van der Waals surface area (Å²) in [6.45, 7) is 0.343. The van der Waals surface area contributed by atoms with Gasteiger partial charge in [-0.3, -0.25) is 9.59 Å². The van der Waals surface area contributed by atoms with Crippen LogP contribution in [0.4, 0.5) is 11.4 Å². The van der Waals surface area contributed by atoms with Crippen LogP contribution >= 0.6 is 11.6 Å². The number of likely N-dealkylation sites (N-methyl/N-ethyl adjacent to an activating group) is 2. The molecule has 0 aliphatic heterocycles. The Labute approximate surface area is 158 Å². The summed E-state index contributed by atoms with van der Waals surface area (Å²) in [4.78, 5) is 27.0. The molecule has 2 aromatic rings. The third-order valence-corrected chi connectivity index (χ3v) is 4.10. The van der Waals surface area contributed by atoms with Gasteiger partial charge >= 0.3 is 0 Å². The number of amides is 2. The summed E-state index contributed by atoms with van der Waals surface area (Å²) in [6, 6.07) is 14.4. The van der Waals surface area contributed by atoms with Gasteiger partial charge in [-0.05, 0) is 30.3 Å². The molecule has 2 N–H and O–H groups in total. The van der Waals surface area contributed by atoms with Crippen LogP contribution in [0.2, 0.25) is 5.02 Å². The van der Waals surface area contributed by atoms with E-state index >= 15 is 0 Å². The number of quaternary nitrogens is 1. The summed E-state index contributed by atoms with van der Waals surface area (Å²) >= 11 is 5.96. The molecule has 1 unspecified atom stereocenters. The molecule has 1 atom stereocenters. The maximum atomic E-state index is 12.4. The third kappa shape index (κ3) is 5.47. The van der Waals surface area contributed by atoms with E-state index < -0.39 is 0 Å². The number of rotatable bonds is 7. The van der Waals surface area contributed by atoms with E-state index in [-0.39, 0.29) is 24.9 Å². The molecule has 0 aliphatic carbocycles. The number of nitrogens with one attached hydrogen (secondary N) is 2. The van der Waals surface area contributed by atoms with Crippen molar-refractivity contribution in [2.45, 2.75) is 0 Å². The van der Waals surface area contributed by atoms with Crippen molar-refractivity contribution in [2.24, 2.45) is 0 Å². The van der Waals surface area contributed by atoms with Gasteiger partial charge in [0, 0.05) is 17.8 Å². The zero-order valence-electron chi connectivity index (χ0n) is 15.1. The largest absolute Gasteiger partial charge is 0.495 e. The van der Waals surface area contributed by atoms with Gasteiger partial charge in [0.15, 0.2) is 13.1 Å². The SMILES string of the molecule is COc1ccc(Cl)cc1NC(=O)C[NH+](C)CC(=O)N(C)c1ccccc1. The van der Waals surface area contributed by atoms with Crippen LogP contribution in [0.15, 0.2) is 48.5 Å². The molecule has 0 saturated heterocycles. The van der Waals surface area contributed by atoms with Crippen molar-refractivity contribution in [3.05, 3.63) is 53.6 Å². The van der Waals surface area contributed by atoms with E-state index in [2.05, 4.69) is 5.32 Å². The van der Waals surface area contributed by atoms with Crippen molar-refractivity contribution in [3.8, 4) is 5.75 Å². The fourth-order valence-electron chi connectivity index (χ4n) is 2.48. The van der Waals surface area contributed by atoms with Gasteiger partial charge in [-0.15, -0.1) is 0 Å². The van der Waals surface area contributed by atoms with E-state index in [1.54, 1.807) is 37.2 Å². The van der Waals surface area contributed by atoms with Crippen molar-refractivity contribution < 1.29 is 19.2 Å². The highest BCUT2D eigenvalue weighted by Gasteiger charge is 2.19. The number of anilines is 2. The Balaban J connectivity index is 1.91. The zero-order valence-corrected chi connectivity index (χ0v) is 15.8. The quantitative estimate of drug-likeness (QED) is 0.769. The zero-order chi connectivity index (χ0) is 19.1. The fraction of sp³-hybridized carbons (Fsp3) is 0.263. The number of ether oxygens (including phenoxy) is 1.